The summed E-state index contributed by atoms with van der Waals surface area (Å²) in [5, 5.41) is 13.5. The van der Waals surface area contributed by atoms with Gasteiger partial charge in [0.15, 0.2) is 5.65 Å². The fraction of sp³-hybridized carbons (Fsp3) is 0.462. The molecule has 1 aliphatic carbocycles. The van der Waals surface area contributed by atoms with Gasteiger partial charge in [-0.25, -0.2) is 22.7 Å². The van der Waals surface area contributed by atoms with E-state index < -0.39 is 29.5 Å². The predicted molar refractivity (Wildman–Crippen MR) is 126 cm³/mol. The first-order valence-corrected chi connectivity index (χ1v) is 12.2. The molecule has 1 saturated heterocycles. The number of carbonyl (C=O) groups excluding carboxylic acids is 1. The van der Waals surface area contributed by atoms with Crippen molar-refractivity contribution in [2.75, 3.05) is 6.54 Å². The van der Waals surface area contributed by atoms with Crippen LogP contribution in [0.2, 0.25) is 0 Å². The molecule has 2 aromatic heterocycles. The summed E-state index contributed by atoms with van der Waals surface area (Å²) in [5.74, 6) is -9.34. The van der Waals surface area contributed by atoms with Crippen molar-refractivity contribution in [2.24, 2.45) is 5.92 Å². The number of halogens is 3. The summed E-state index contributed by atoms with van der Waals surface area (Å²) in [6.07, 6.45) is 4.63. The second-order valence-corrected chi connectivity index (χ2v) is 9.69. The minimum absolute atomic E-state index is 0.0655. The average Bonchev–Trinajstić information content (AvgIpc) is 3.28. The molecule has 0 bridgehead atoms. The van der Waals surface area contributed by atoms with E-state index in [0.29, 0.717) is 24.3 Å². The molecule has 190 valence electrons. The molecule has 2 aliphatic rings. The van der Waals surface area contributed by atoms with Crippen LogP contribution in [-0.4, -0.2) is 55.0 Å². The maximum absolute atomic E-state index is 15.0. The van der Waals surface area contributed by atoms with E-state index in [-0.39, 0.29) is 28.8 Å². The molecule has 3 atom stereocenters. The van der Waals surface area contributed by atoms with Gasteiger partial charge in [-0.1, -0.05) is 25.8 Å². The lowest BCUT2D eigenvalue weighted by atomic mass is 10.0. The summed E-state index contributed by atoms with van der Waals surface area (Å²) in [7, 11) is 0. The van der Waals surface area contributed by atoms with Gasteiger partial charge in [-0.3, -0.25) is 9.59 Å². The highest BCUT2D eigenvalue weighted by Crippen LogP contribution is 2.61. The molecule has 1 saturated carbocycles. The number of fused-ring (bicyclic) bond motifs is 1. The van der Waals surface area contributed by atoms with Crippen molar-refractivity contribution in [3.05, 3.63) is 53.1 Å². The smallest absolute Gasteiger partial charge is 0.313 e. The number of benzene rings is 1. The molecule has 1 amide bonds. The Kier molecular flexibility index (Phi) is 6.00. The van der Waals surface area contributed by atoms with Gasteiger partial charge in [-0.05, 0) is 49.9 Å². The van der Waals surface area contributed by atoms with Crippen LogP contribution in [-0.2, 0) is 11.2 Å². The maximum Gasteiger partial charge on any atom is 0.313 e. The Balaban J connectivity index is 1.48. The second-order valence-electron chi connectivity index (χ2n) is 9.69. The zero-order valence-electron chi connectivity index (χ0n) is 20.0. The second kappa shape index (κ2) is 8.90. The molecule has 2 fully saturated rings. The number of hydrogen-bond donors (Lipinski definition) is 1. The maximum atomic E-state index is 15.0. The van der Waals surface area contributed by atoms with Crippen LogP contribution in [0.15, 0.2) is 30.3 Å². The lowest BCUT2D eigenvalue weighted by molar-refractivity contribution is -0.140. The molecule has 7 nitrogen and oxygen atoms in total. The van der Waals surface area contributed by atoms with Gasteiger partial charge >= 0.3 is 5.97 Å². The third kappa shape index (κ3) is 4.02. The first kappa shape index (κ1) is 24.3. The minimum Gasteiger partial charge on any atom is -0.481 e. The number of alkyl halides is 2. The summed E-state index contributed by atoms with van der Waals surface area (Å²) in [5.41, 5.74) is 1.69. The quantitative estimate of drug-likeness (QED) is 0.537. The number of aromatic nitrogens is 3. The van der Waals surface area contributed by atoms with Gasteiger partial charge in [0.25, 0.3) is 11.8 Å². The summed E-state index contributed by atoms with van der Waals surface area (Å²) >= 11 is 0. The Hall–Kier alpha value is -3.43. The molecule has 0 radical (unpaired) electrons. The van der Waals surface area contributed by atoms with Crippen molar-refractivity contribution < 1.29 is 27.9 Å². The number of aliphatic carboxylic acids is 1. The molecule has 1 N–H and O–H groups in total. The lowest BCUT2D eigenvalue weighted by Crippen LogP contribution is -2.38. The number of hydrogen-bond acceptors (Lipinski definition) is 4. The van der Waals surface area contributed by atoms with Crippen LogP contribution in [0.1, 0.15) is 67.2 Å². The van der Waals surface area contributed by atoms with Crippen LogP contribution in [0.4, 0.5) is 13.2 Å². The molecule has 0 spiro atoms. The van der Waals surface area contributed by atoms with E-state index in [2.05, 4.69) is 10.1 Å². The van der Waals surface area contributed by atoms with E-state index in [1.807, 2.05) is 18.7 Å². The van der Waals surface area contributed by atoms with Gasteiger partial charge in [0.1, 0.15) is 17.4 Å². The van der Waals surface area contributed by atoms with Crippen LogP contribution in [0.3, 0.4) is 0 Å². The fourth-order valence-corrected chi connectivity index (χ4v) is 5.23. The van der Waals surface area contributed by atoms with Crippen molar-refractivity contribution in [3.8, 4) is 11.3 Å². The molecular formula is C26H27F3N4O3. The highest BCUT2D eigenvalue weighted by atomic mass is 19.3. The third-order valence-electron chi connectivity index (χ3n) is 7.34. The van der Waals surface area contributed by atoms with Gasteiger partial charge in [0.2, 0.25) is 0 Å². The van der Waals surface area contributed by atoms with Gasteiger partial charge in [0.05, 0.1) is 11.6 Å². The number of carboxylic acid groups (broad SMARTS) is 1. The van der Waals surface area contributed by atoms with E-state index >= 15 is 4.39 Å². The average molecular weight is 501 g/mol. The third-order valence-corrected chi connectivity index (χ3v) is 7.34. The van der Waals surface area contributed by atoms with E-state index in [1.54, 1.807) is 16.6 Å². The molecule has 3 aromatic rings. The normalized spacial score (nSPS) is 23.5. The zero-order valence-corrected chi connectivity index (χ0v) is 20.0. The fourth-order valence-electron chi connectivity index (χ4n) is 5.23. The van der Waals surface area contributed by atoms with E-state index in [9.17, 15) is 18.4 Å². The highest BCUT2D eigenvalue weighted by molar-refractivity contribution is 5.93. The Labute approximate surface area is 205 Å². The Morgan fingerprint density at radius 3 is 2.61 bits per heavy atom. The Bertz CT molecular complexity index is 1360. The van der Waals surface area contributed by atoms with Crippen molar-refractivity contribution >= 4 is 17.5 Å². The molecule has 1 aliphatic heterocycles. The molecule has 3 heterocycles. The highest BCUT2D eigenvalue weighted by Gasteiger charge is 2.73. The summed E-state index contributed by atoms with van der Waals surface area (Å²) in [6, 6.07) is 6.99. The van der Waals surface area contributed by atoms with E-state index in [0.717, 1.165) is 37.4 Å². The van der Waals surface area contributed by atoms with Crippen molar-refractivity contribution in [1.29, 1.82) is 0 Å². The van der Waals surface area contributed by atoms with E-state index in [1.165, 1.54) is 12.1 Å². The first-order valence-electron chi connectivity index (χ1n) is 12.2. The Morgan fingerprint density at radius 2 is 1.94 bits per heavy atom. The standard InChI is InChI=1S/C26H27F3N4O3/c1-3-16-12-20(24(34)32-10-6-4-5-7-14(32)2)30-21-13-19(31-33(16)21)17-9-8-15(11-18(17)27)22-23(25(35)36)26(22,28)29/h8-9,11-14,22-23H,3-7,10H2,1-2H3,(H,35,36)/t14-,22?,23+/m1/s1. The monoisotopic (exact) mass is 500 g/mol. The van der Waals surface area contributed by atoms with Gasteiger partial charge in [-0.15, -0.1) is 0 Å². The van der Waals surface area contributed by atoms with Crippen LogP contribution in [0.5, 0.6) is 0 Å². The predicted octanol–water partition coefficient (Wildman–Crippen LogP) is 4.94. The summed E-state index contributed by atoms with van der Waals surface area (Å²) in [6.45, 7) is 4.64. The number of rotatable bonds is 5. The molecule has 5 rings (SSSR count). The van der Waals surface area contributed by atoms with Crippen LogP contribution in [0.25, 0.3) is 16.9 Å². The van der Waals surface area contributed by atoms with Crippen LogP contribution < -0.4 is 0 Å². The van der Waals surface area contributed by atoms with Crippen molar-refractivity contribution in [1.82, 2.24) is 19.5 Å². The molecular weight excluding hydrogens is 473 g/mol. The first-order chi connectivity index (χ1) is 17.1. The minimum atomic E-state index is -3.41. The van der Waals surface area contributed by atoms with Crippen LogP contribution >= 0.6 is 0 Å². The number of likely N-dealkylation sites (tertiary alicyclic amines) is 1. The number of aryl methyl sites for hydroxylation is 1. The number of nitrogens with zero attached hydrogens (tertiary/aromatic N) is 4. The summed E-state index contributed by atoms with van der Waals surface area (Å²) < 4.78 is 44.4. The largest absolute Gasteiger partial charge is 0.481 e. The van der Waals surface area contributed by atoms with Crippen molar-refractivity contribution in [3.63, 3.8) is 0 Å². The summed E-state index contributed by atoms with van der Waals surface area (Å²) in [4.78, 5) is 30.8. The van der Waals surface area contributed by atoms with Crippen molar-refractivity contribution in [2.45, 2.75) is 63.8 Å². The lowest BCUT2D eigenvalue weighted by Gasteiger charge is -2.27. The number of carbonyl (C=O) groups is 2. The number of amides is 1. The molecule has 10 heteroatoms. The zero-order chi connectivity index (χ0) is 25.8. The van der Waals surface area contributed by atoms with Gasteiger partial charge in [0, 0.05) is 29.9 Å². The Morgan fingerprint density at radius 1 is 1.17 bits per heavy atom. The van der Waals surface area contributed by atoms with Crippen LogP contribution in [0, 0.1) is 11.7 Å². The van der Waals surface area contributed by atoms with Gasteiger partial charge in [-0.2, -0.15) is 5.10 Å². The number of carboxylic acids is 1. The molecule has 1 aromatic carbocycles. The topological polar surface area (TPSA) is 87.8 Å². The van der Waals surface area contributed by atoms with Gasteiger partial charge < -0.3 is 10.0 Å². The molecule has 36 heavy (non-hydrogen) atoms. The molecule has 1 unspecified atom stereocenters. The van der Waals surface area contributed by atoms with E-state index in [4.69, 9.17) is 5.11 Å². The SMILES string of the molecule is CCc1cc(C(=O)N2CCCCC[C@H]2C)nc2cc(-c3ccc(C4[C@@H](C(=O)O)C4(F)F)cc3F)nn12.